The van der Waals surface area contributed by atoms with E-state index in [4.69, 9.17) is 0 Å². The summed E-state index contributed by atoms with van der Waals surface area (Å²) in [6.07, 6.45) is 0. The number of nitrogens with zero attached hydrogens (tertiary/aromatic N) is 2. The Balaban J connectivity index is 2.57. The molecule has 4 nitrogen and oxygen atoms in total. The predicted molar refractivity (Wildman–Crippen MR) is 75.1 cm³/mol. The molecule has 0 aliphatic heterocycles. The quantitative estimate of drug-likeness (QED) is 0.477. The number of para-hydroxylation sites is 1. The lowest BCUT2D eigenvalue weighted by Crippen LogP contribution is -2.18. The number of aryl methyl sites for hydroxylation is 1. The molecule has 0 radical (unpaired) electrons. The van der Waals surface area contributed by atoms with Crippen molar-refractivity contribution in [1.29, 1.82) is 0 Å². The van der Waals surface area contributed by atoms with Gasteiger partial charge in [-0.05, 0) is 12.1 Å². The molecule has 0 atom stereocenters. The highest BCUT2D eigenvalue weighted by molar-refractivity contribution is 6.12. The van der Waals surface area contributed by atoms with E-state index in [1.165, 1.54) is 6.07 Å². The van der Waals surface area contributed by atoms with Crippen LogP contribution in [0.2, 0.25) is 0 Å². The van der Waals surface area contributed by atoms with E-state index in [2.05, 4.69) is 0 Å². The zero-order valence-corrected chi connectivity index (χ0v) is 10.3. The fourth-order valence-corrected chi connectivity index (χ4v) is 2.81. The third-order valence-corrected chi connectivity index (χ3v) is 3.72. The minimum Gasteiger partial charge on any atom is -0.310 e. The van der Waals surface area contributed by atoms with Crippen molar-refractivity contribution in [3.05, 3.63) is 63.2 Å². The van der Waals surface area contributed by atoms with Gasteiger partial charge in [-0.2, -0.15) is 0 Å². The second kappa shape index (κ2) is 3.23. The van der Waals surface area contributed by atoms with E-state index in [1.807, 2.05) is 24.3 Å². The molecule has 0 amide bonds. The van der Waals surface area contributed by atoms with Crippen LogP contribution in [-0.4, -0.2) is 8.97 Å². The zero-order chi connectivity index (χ0) is 13.1. The molecular formula is C15H10N2O2. The van der Waals surface area contributed by atoms with Crippen molar-refractivity contribution in [2.24, 2.45) is 7.05 Å². The number of aromatic nitrogens is 2. The number of hydrogen-bond donors (Lipinski definition) is 0. The zero-order valence-electron chi connectivity index (χ0n) is 10.3. The van der Waals surface area contributed by atoms with E-state index in [1.54, 1.807) is 28.1 Å². The Bertz CT molecular complexity index is 1060. The summed E-state index contributed by atoms with van der Waals surface area (Å²) < 4.78 is 3.25. The van der Waals surface area contributed by atoms with Gasteiger partial charge in [0.15, 0.2) is 0 Å². The minimum absolute atomic E-state index is 0.0654. The Morgan fingerprint density at radius 1 is 0.842 bits per heavy atom. The smallest absolute Gasteiger partial charge is 0.255 e. The Labute approximate surface area is 107 Å². The van der Waals surface area contributed by atoms with Crippen LogP contribution in [0.4, 0.5) is 0 Å². The molecular weight excluding hydrogens is 240 g/mol. The van der Waals surface area contributed by atoms with Crippen LogP contribution in [0, 0.1) is 0 Å². The van der Waals surface area contributed by atoms with Crippen molar-refractivity contribution in [3.8, 4) is 0 Å². The molecule has 3 aromatic heterocycles. The molecule has 0 spiro atoms. The molecule has 0 aliphatic rings. The van der Waals surface area contributed by atoms with Gasteiger partial charge in [0.2, 0.25) is 0 Å². The van der Waals surface area contributed by atoms with Crippen LogP contribution in [0.3, 0.4) is 0 Å². The van der Waals surface area contributed by atoms with Gasteiger partial charge in [-0.25, -0.2) is 0 Å². The normalized spacial score (nSPS) is 11.8. The molecule has 19 heavy (non-hydrogen) atoms. The van der Waals surface area contributed by atoms with Crippen LogP contribution < -0.4 is 11.1 Å². The molecule has 3 heterocycles. The van der Waals surface area contributed by atoms with E-state index >= 15 is 0 Å². The maximum Gasteiger partial charge on any atom is 0.255 e. The number of fused-ring (bicyclic) bond motifs is 3. The van der Waals surface area contributed by atoms with E-state index in [0.717, 1.165) is 27.3 Å². The van der Waals surface area contributed by atoms with Crippen LogP contribution in [0.5, 0.6) is 0 Å². The summed E-state index contributed by atoms with van der Waals surface area (Å²) >= 11 is 0. The van der Waals surface area contributed by atoms with Gasteiger partial charge in [0.1, 0.15) is 0 Å². The third kappa shape index (κ3) is 1.13. The van der Waals surface area contributed by atoms with Crippen LogP contribution in [0.25, 0.3) is 27.3 Å². The maximum absolute atomic E-state index is 12.1. The van der Waals surface area contributed by atoms with Gasteiger partial charge in [-0.1, -0.05) is 18.2 Å². The highest BCUT2D eigenvalue weighted by Crippen LogP contribution is 2.28. The van der Waals surface area contributed by atoms with E-state index < -0.39 is 0 Å². The maximum atomic E-state index is 12.1. The molecule has 0 saturated carbocycles. The number of hydrogen-bond acceptors (Lipinski definition) is 2. The molecule has 0 unspecified atom stereocenters. The summed E-state index contributed by atoms with van der Waals surface area (Å²) in [5, 5.41) is 1.78. The Morgan fingerprint density at radius 2 is 1.63 bits per heavy atom. The molecule has 4 heteroatoms. The van der Waals surface area contributed by atoms with Gasteiger partial charge in [0, 0.05) is 30.0 Å². The summed E-state index contributed by atoms with van der Waals surface area (Å²) in [7, 11) is 1.72. The van der Waals surface area contributed by atoms with E-state index in [-0.39, 0.29) is 11.1 Å². The average molecular weight is 250 g/mol. The fourth-order valence-electron chi connectivity index (χ4n) is 2.81. The molecule has 0 aliphatic carbocycles. The molecule has 4 rings (SSSR count). The van der Waals surface area contributed by atoms with Gasteiger partial charge >= 0.3 is 0 Å². The van der Waals surface area contributed by atoms with Crippen molar-refractivity contribution < 1.29 is 0 Å². The van der Waals surface area contributed by atoms with E-state index in [9.17, 15) is 9.59 Å². The van der Waals surface area contributed by atoms with Crippen molar-refractivity contribution in [2.45, 2.75) is 0 Å². The van der Waals surface area contributed by atoms with E-state index in [0.29, 0.717) is 0 Å². The minimum atomic E-state index is -0.0719. The summed E-state index contributed by atoms with van der Waals surface area (Å²) in [5.74, 6) is 0. The van der Waals surface area contributed by atoms with Crippen molar-refractivity contribution in [3.63, 3.8) is 0 Å². The van der Waals surface area contributed by atoms with Crippen molar-refractivity contribution >= 4 is 27.3 Å². The second-order valence-electron chi connectivity index (χ2n) is 4.71. The number of rotatable bonds is 0. The van der Waals surface area contributed by atoms with Gasteiger partial charge in [0.25, 0.3) is 11.1 Å². The highest BCUT2D eigenvalue weighted by Gasteiger charge is 2.14. The Kier molecular flexibility index (Phi) is 1.75. The summed E-state index contributed by atoms with van der Waals surface area (Å²) in [6, 6.07) is 12.5. The first-order valence-corrected chi connectivity index (χ1v) is 6.04. The third-order valence-electron chi connectivity index (χ3n) is 3.72. The van der Waals surface area contributed by atoms with Crippen molar-refractivity contribution in [2.75, 3.05) is 0 Å². The van der Waals surface area contributed by atoms with Gasteiger partial charge in [-0.3, -0.25) is 14.0 Å². The first-order chi connectivity index (χ1) is 9.18. The van der Waals surface area contributed by atoms with Gasteiger partial charge < -0.3 is 4.57 Å². The van der Waals surface area contributed by atoms with Gasteiger partial charge in [-0.15, -0.1) is 0 Å². The highest BCUT2D eigenvalue weighted by atomic mass is 16.1. The lowest BCUT2D eigenvalue weighted by molar-refractivity contribution is 0.904. The second-order valence-corrected chi connectivity index (χ2v) is 4.71. The van der Waals surface area contributed by atoms with Crippen LogP contribution in [0.1, 0.15) is 0 Å². The molecule has 0 saturated heterocycles. The van der Waals surface area contributed by atoms with Crippen LogP contribution >= 0.6 is 0 Å². The largest absolute Gasteiger partial charge is 0.310 e. The number of pyridine rings is 2. The SMILES string of the molecule is Cn1c(=O)cc2c3ccccc3n3c(=O)ccc1c23. The van der Waals surface area contributed by atoms with Gasteiger partial charge in [0.05, 0.1) is 16.6 Å². The standard InChI is InChI=1S/C15H10N2O2/c1-16-12-6-7-13(18)17-11-5-3-2-4-9(11)10(15(12)17)8-14(16)19/h2-8H,1H3. The molecule has 1 aromatic carbocycles. The summed E-state index contributed by atoms with van der Waals surface area (Å²) in [6.45, 7) is 0. The lowest BCUT2D eigenvalue weighted by Gasteiger charge is -2.04. The lowest BCUT2D eigenvalue weighted by atomic mass is 10.2. The molecule has 92 valence electrons. The predicted octanol–water partition coefficient (Wildman–Crippen LogP) is 1.74. The summed E-state index contributed by atoms with van der Waals surface area (Å²) in [4.78, 5) is 24.1. The average Bonchev–Trinajstić information content (AvgIpc) is 2.74. The molecule has 4 aromatic rings. The number of benzene rings is 1. The monoisotopic (exact) mass is 250 g/mol. The van der Waals surface area contributed by atoms with Crippen molar-refractivity contribution in [1.82, 2.24) is 8.97 Å². The topological polar surface area (TPSA) is 43.5 Å². The molecule has 0 bridgehead atoms. The van der Waals surface area contributed by atoms with Crippen LogP contribution in [0.15, 0.2) is 52.1 Å². The molecule has 0 fully saturated rings. The van der Waals surface area contributed by atoms with Crippen LogP contribution in [-0.2, 0) is 7.05 Å². The summed E-state index contributed by atoms with van der Waals surface area (Å²) in [5.41, 5.74) is 2.30. The fraction of sp³-hybridized carbons (Fsp3) is 0.0667. The molecule has 0 N–H and O–H groups in total. The Hall–Kier alpha value is -2.62. The first kappa shape index (κ1) is 10.3. The Morgan fingerprint density at radius 3 is 2.47 bits per heavy atom. The first-order valence-electron chi connectivity index (χ1n) is 6.04.